The smallest absolute Gasteiger partial charge is 0.303 e. The van der Waals surface area contributed by atoms with Gasteiger partial charge >= 0.3 is 5.97 Å². The van der Waals surface area contributed by atoms with Crippen molar-refractivity contribution in [2.24, 2.45) is 41.4 Å². The molecule has 6 aliphatic rings. The van der Waals surface area contributed by atoms with Crippen molar-refractivity contribution in [3.05, 3.63) is 35.9 Å². The molecule has 0 aromatic heterocycles. The van der Waals surface area contributed by atoms with Crippen molar-refractivity contribution in [3.8, 4) is 11.5 Å². The van der Waals surface area contributed by atoms with Crippen LogP contribution < -0.4 is 9.47 Å². The van der Waals surface area contributed by atoms with Gasteiger partial charge in [-0.15, -0.1) is 0 Å². The molecular formula is C21H22O4. The van der Waals surface area contributed by atoms with E-state index in [4.69, 9.17) is 14.6 Å². The van der Waals surface area contributed by atoms with Crippen LogP contribution in [0.4, 0.5) is 0 Å². The summed E-state index contributed by atoms with van der Waals surface area (Å²) in [7, 11) is 0. The van der Waals surface area contributed by atoms with E-state index >= 15 is 0 Å². The summed E-state index contributed by atoms with van der Waals surface area (Å²) in [5.41, 5.74) is 1.39. The Morgan fingerprint density at radius 3 is 2.80 bits per heavy atom. The van der Waals surface area contributed by atoms with Crippen LogP contribution in [0, 0.1) is 41.4 Å². The molecule has 1 heterocycles. The monoisotopic (exact) mass is 338 g/mol. The van der Waals surface area contributed by atoms with E-state index in [1.807, 2.05) is 0 Å². The van der Waals surface area contributed by atoms with Gasteiger partial charge in [0.25, 0.3) is 0 Å². The Morgan fingerprint density at radius 2 is 1.92 bits per heavy atom. The number of ether oxygens (including phenoxy) is 2. The molecule has 4 bridgehead atoms. The third-order valence-corrected chi connectivity index (χ3v) is 7.82. The zero-order valence-corrected chi connectivity index (χ0v) is 14.0. The van der Waals surface area contributed by atoms with E-state index in [0.717, 1.165) is 35.7 Å². The highest BCUT2D eigenvalue weighted by atomic mass is 16.7. The summed E-state index contributed by atoms with van der Waals surface area (Å²) in [6.45, 7) is 0.322. The molecule has 3 saturated carbocycles. The molecule has 130 valence electrons. The molecule has 8 atom stereocenters. The van der Waals surface area contributed by atoms with E-state index in [2.05, 4.69) is 30.4 Å². The van der Waals surface area contributed by atoms with E-state index in [1.165, 1.54) is 12.0 Å². The summed E-state index contributed by atoms with van der Waals surface area (Å²) in [6.07, 6.45) is 7.39. The maximum Gasteiger partial charge on any atom is 0.303 e. The van der Waals surface area contributed by atoms with Crippen molar-refractivity contribution >= 4 is 5.97 Å². The van der Waals surface area contributed by atoms with Crippen LogP contribution >= 0.6 is 0 Å². The number of carbonyl (C=O) groups is 1. The summed E-state index contributed by atoms with van der Waals surface area (Å²) < 4.78 is 11.1. The van der Waals surface area contributed by atoms with Gasteiger partial charge in [0.2, 0.25) is 6.79 Å². The second-order valence-electron chi connectivity index (χ2n) is 8.49. The third-order valence-electron chi connectivity index (χ3n) is 7.82. The largest absolute Gasteiger partial charge is 0.481 e. The summed E-state index contributed by atoms with van der Waals surface area (Å²) in [5.74, 6) is 6.52. The van der Waals surface area contributed by atoms with E-state index < -0.39 is 5.97 Å². The first-order valence-electron chi connectivity index (χ1n) is 9.52. The van der Waals surface area contributed by atoms with Crippen LogP contribution in [0.2, 0.25) is 0 Å². The number of hydrogen-bond acceptors (Lipinski definition) is 3. The number of hydrogen-bond donors (Lipinski definition) is 1. The van der Waals surface area contributed by atoms with Gasteiger partial charge in [0, 0.05) is 6.42 Å². The van der Waals surface area contributed by atoms with Crippen LogP contribution in [0.1, 0.15) is 30.7 Å². The SMILES string of the molecule is O=C(O)CC[C@H]1[C@@H]2C[C@H]3C4C=CC([C@H]1[C@@H]42)[C@@H]3c1ccc2c(c1)OCO2. The van der Waals surface area contributed by atoms with Gasteiger partial charge in [-0.1, -0.05) is 18.2 Å². The third kappa shape index (κ3) is 1.75. The zero-order chi connectivity index (χ0) is 16.7. The number of fused-ring (bicyclic) bond motifs is 1. The van der Waals surface area contributed by atoms with Crippen molar-refractivity contribution in [3.63, 3.8) is 0 Å². The lowest BCUT2D eigenvalue weighted by Gasteiger charge is -2.59. The lowest BCUT2D eigenvalue weighted by atomic mass is 9.44. The second kappa shape index (κ2) is 4.80. The van der Waals surface area contributed by atoms with Crippen molar-refractivity contribution in [2.45, 2.75) is 25.2 Å². The van der Waals surface area contributed by atoms with Crippen molar-refractivity contribution < 1.29 is 19.4 Å². The van der Waals surface area contributed by atoms with Crippen LogP contribution in [0.15, 0.2) is 30.4 Å². The quantitative estimate of drug-likeness (QED) is 0.851. The summed E-state index contributed by atoms with van der Waals surface area (Å²) >= 11 is 0. The van der Waals surface area contributed by atoms with Crippen molar-refractivity contribution in [2.75, 3.05) is 6.79 Å². The van der Waals surface area contributed by atoms with Crippen molar-refractivity contribution in [1.29, 1.82) is 0 Å². The fourth-order valence-corrected chi connectivity index (χ4v) is 7.14. The van der Waals surface area contributed by atoms with Gasteiger partial charge in [0.1, 0.15) is 0 Å². The predicted molar refractivity (Wildman–Crippen MR) is 90.4 cm³/mol. The highest BCUT2D eigenvalue weighted by Gasteiger charge is 2.68. The standard InChI is InChI=1S/C21H22O4/c22-18(23)6-4-12-15-8-14-11-2-3-13(20(12)21(11)15)19(14)10-1-5-16-17(7-10)25-9-24-16/h1-3,5,7,11-15,19-21H,4,6,8-9H2,(H,22,23)/t11?,12-,13?,14-,15-,19-,20-,21-/m0/s1. The van der Waals surface area contributed by atoms with Gasteiger partial charge in [-0.05, 0) is 77.9 Å². The Bertz CT molecular complexity index is 784. The molecule has 5 aliphatic carbocycles. The molecule has 0 spiro atoms. The predicted octanol–water partition coefficient (Wildman–Crippen LogP) is 3.68. The summed E-state index contributed by atoms with van der Waals surface area (Å²) in [6, 6.07) is 6.48. The molecule has 0 amide bonds. The molecule has 0 saturated heterocycles. The van der Waals surface area contributed by atoms with Gasteiger partial charge in [0.15, 0.2) is 11.5 Å². The molecule has 1 aliphatic heterocycles. The topological polar surface area (TPSA) is 55.8 Å². The van der Waals surface area contributed by atoms with Crippen LogP contribution in [-0.4, -0.2) is 17.9 Å². The number of rotatable bonds is 4. The Morgan fingerprint density at radius 1 is 1.08 bits per heavy atom. The van der Waals surface area contributed by atoms with Crippen LogP contribution in [-0.2, 0) is 4.79 Å². The number of carboxylic acids is 1. The van der Waals surface area contributed by atoms with E-state index in [0.29, 0.717) is 42.8 Å². The molecule has 4 heteroatoms. The fraction of sp³-hybridized carbons (Fsp3) is 0.571. The number of allylic oxidation sites excluding steroid dienone is 2. The molecule has 7 rings (SSSR count). The van der Waals surface area contributed by atoms with E-state index in [-0.39, 0.29) is 0 Å². The molecule has 25 heavy (non-hydrogen) atoms. The Hall–Kier alpha value is -1.97. The minimum absolute atomic E-state index is 0.322. The number of carboxylic acid groups (broad SMARTS) is 1. The van der Waals surface area contributed by atoms with Gasteiger partial charge in [-0.3, -0.25) is 4.79 Å². The first kappa shape index (κ1) is 14.2. The number of benzene rings is 1. The average Bonchev–Trinajstić information content (AvgIpc) is 3.13. The summed E-state index contributed by atoms with van der Waals surface area (Å²) in [4.78, 5) is 11.1. The molecular weight excluding hydrogens is 316 g/mol. The van der Waals surface area contributed by atoms with Crippen LogP contribution in [0.3, 0.4) is 0 Å². The highest BCUT2D eigenvalue weighted by Crippen LogP contribution is 2.74. The average molecular weight is 338 g/mol. The molecule has 4 nitrogen and oxygen atoms in total. The van der Waals surface area contributed by atoms with Gasteiger partial charge in [-0.2, -0.15) is 0 Å². The molecule has 0 radical (unpaired) electrons. The van der Waals surface area contributed by atoms with Crippen LogP contribution in [0.5, 0.6) is 11.5 Å². The number of aliphatic carboxylic acids is 1. The lowest BCUT2D eigenvalue weighted by molar-refractivity contribution is -0.139. The van der Waals surface area contributed by atoms with Gasteiger partial charge < -0.3 is 14.6 Å². The Balaban J connectivity index is 1.35. The maximum atomic E-state index is 11.1. The van der Waals surface area contributed by atoms with Crippen LogP contribution in [0.25, 0.3) is 0 Å². The first-order chi connectivity index (χ1) is 12.2. The molecule has 1 aromatic rings. The van der Waals surface area contributed by atoms with Gasteiger partial charge in [0.05, 0.1) is 0 Å². The second-order valence-corrected chi connectivity index (χ2v) is 8.49. The molecule has 1 N–H and O–H groups in total. The lowest BCUT2D eigenvalue weighted by Crippen LogP contribution is -2.54. The maximum absolute atomic E-state index is 11.1. The van der Waals surface area contributed by atoms with E-state index in [9.17, 15) is 4.79 Å². The Labute approximate surface area is 146 Å². The minimum Gasteiger partial charge on any atom is -0.481 e. The van der Waals surface area contributed by atoms with Gasteiger partial charge in [-0.25, -0.2) is 0 Å². The normalized spacial score (nSPS) is 44.0. The highest BCUT2D eigenvalue weighted by molar-refractivity contribution is 5.66. The van der Waals surface area contributed by atoms with Crippen molar-refractivity contribution in [1.82, 2.24) is 0 Å². The zero-order valence-electron chi connectivity index (χ0n) is 14.0. The molecule has 3 fully saturated rings. The molecule has 1 aromatic carbocycles. The Kier molecular flexibility index (Phi) is 2.73. The summed E-state index contributed by atoms with van der Waals surface area (Å²) in [5, 5.41) is 9.10. The first-order valence-corrected chi connectivity index (χ1v) is 9.52. The molecule has 2 unspecified atom stereocenters. The fourth-order valence-electron chi connectivity index (χ4n) is 7.14. The minimum atomic E-state index is -0.649. The van der Waals surface area contributed by atoms with E-state index in [1.54, 1.807) is 0 Å².